The van der Waals surface area contributed by atoms with Gasteiger partial charge in [-0.1, -0.05) is 0 Å². The van der Waals surface area contributed by atoms with Crippen LogP contribution >= 0.6 is 0 Å². The molecule has 0 bridgehead atoms. The minimum atomic E-state index is -0.193. The summed E-state index contributed by atoms with van der Waals surface area (Å²) >= 11 is 0. The van der Waals surface area contributed by atoms with Crippen LogP contribution in [0, 0.1) is 20.8 Å². The molecule has 1 saturated heterocycles. The quantitative estimate of drug-likeness (QED) is 0.362. The molecule has 1 fully saturated rings. The summed E-state index contributed by atoms with van der Waals surface area (Å²) in [6.45, 7) is 12.3. The normalized spacial score (nSPS) is 14.5. The summed E-state index contributed by atoms with van der Waals surface area (Å²) in [5.41, 5.74) is 6.73. The lowest BCUT2D eigenvalue weighted by Crippen LogP contribution is -2.29. The van der Waals surface area contributed by atoms with Gasteiger partial charge in [0.25, 0.3) is 11.5 Å². The molecule has 37 heavy (non-hydrogen) atoms. The van der Waals surface area contributed by atoms with Gasteiger partial charge in [-0.05, 0) is 95.4 Å². The maximum Gasteiger partial charge on any atom is 0.253 e. The van der Waals surface area contributed by atoms with Gasteiger partial charge < -0.3 is 20.2 Å². The van der Waals surface area contributed by atoms with Gasteiger partial charge in [0.15, 0.2) is 0 Å². The monoisotopic (exact) mass is 500 g/mol. The standard InChI is InChI=1S/C29H36N6O2/c1-17(2)34-15-19(4)27-24(28(36)31-14-25-18(3)10-20(5)33-29(25)37)11-21(12-26(27)34)22-13-32-35(16-22)23-6-8-30-9-7-23/h10-13,15-17,23,30H,6-9,14H2,1-5H3,(H,31,36)(H,33,37). The van der Waals surface area contributed by atoms with Crippen molar-refractivity contribution in [2.24, 2.45) is 0 Å². The van der Waals surface area contributed by atoms with Gasteiger partial charge in [0.2, 0.25) is 0 Å². The van der Waals surface area contributed by atoms with Crippen molar-refractivity contribution in [2.45, 2.75) is 66.1 Å². The summed E-state index contributed by atoms with van der Waals surface area (Å²) < 4.78 is 4.29. The largest absolute Gasteiger partial charge is 0.348 e. The number of carbonyl (C=O) groups excluding carboxylic acids is 1. The van der Waals surface area contributed by atoms with Crippen molar-refractivity contribution in [1.82, 2.24) is 30.0 Å². The first-order valence-electron chi connectivity index (χ1n) is 13.1. The number of aryl methyl sites for hydroxylation is 3. The molecule has 1 aliphatic heterocycles. The molecule has 194 valence electrons. The Morgan fingerprint density at radius 1 is 1.08 bits per heavy atom. The first-order chi connectivity index (χ1) is 17.7. The third-order valence-corrected chi connectivity index (χ3v) is 7.46. The number of hydrogen-bond donors (Lipinski definition) is 3. The Morgan fingerprint density at radius 2 is 1.84 bits per heavy atom. The van der Waals surface area contributed by atoms with E-state index in [0.717, 1.165) is 64.8 Å². The van der Waals surface area contributed by atoms with Crippen LogP contribution in [0.5, 0.6) is 0 Å². The van der Waals surface area contributed by atoms with Crippen LogP contribution in [-0.4, -0.2) is 38.3 Å². The van der Waals surface area contributed by atoms with Crippen LogP contribution < -0.4 is 16.2 Å². The second-order valence-corrected chi connectivity index (χ2v) is 10.5. The topological polar surface area (TPSA) is 96.7 Å². The molecule has 3 N–H and O–H groups in total. The lowest BCUT2D eigenvalue weighted by molar-refractivity contribution is 0.0952. The Kier molecular flexibility index (Phi) is 6.77. The fourth-order valence-corrected chi connectivity index (χ4v) is 5.48. The molecule has 0 unspecified atom stereocenters. The number of nitrogens with zero attached hydrogens (tertiary/aromatic N) is 3. The third-order valence-electron chi connectivity index (χ3n) is 7.46. The van der Waals surface area contributed by atoms with Crippen molar-refractivity contribution in [2.75, 3.05) is 13.1 Å². The number of pyridine rings is 1. The number of rotatable bonds is 6. The Bertz CT molecular complexity index is 1520. The number of amides is 1. The number of aromatic nitrogens is 4. The highest BCUT2D eigenvalue weighted by Crippen LogP contribution is 2.33. The molecule has 0 radical (unpaired) electrons. The minimum Gasteiger partial charge on any atom is -0.348 e. The highest BCUT2D eigenvalue weighted by atomic mass is 16.1. The third kappa shape index (κ3) is 4.85. The molecule has 0 atom stereocenters. The van der Waals surface area contributed by atoms with Gasteiger partial charge in [0.05, 0.1) is 12.2 Å². The summed E-state index contributed by atoms with van der Waals surface area (Å²) in [6.07, 6.45) is 8.23. The summed E-state index contributed by atoms with van der Waals surface area (Å²) in [6, 6.07) is 6.69. The van der Waals surface area contributed by atoms with Gasteiger partial charge >= 0.3 is 0 Å². The number of benzene rings is 1. The molecule has 0 saturated carbocycles. The van der Waals surface area contributed by atoms with Crippen LogP contribution in [0.4, 0.5) is 0 Å². The highest BCUT2D eigenvalue weighted by Gasteiger charge is 2.21. The number of H-pyrrole nitrogens is 1. The van der Waals surface area contributed by atoms with E-state index in [-0.39, 0.29) is 24.1 Å². The predicted octanol–water partition coefficient (Wildman–Crippen LogP) is 4.55. The number of nitrogens with one attached hydrogen (secondary N) is 3. The predicted molar refractivity (Wildman–Crippen MR) is 147 cm³/mol. The molecule has 0 spiro atoms. The van der Waals surface area contributed by atoms with Crippen molar-refractivity contribution in [3.05, 3.63) is 75.1 Å². The van der Waals surface area contributed by atoms with Crippen molar-refractivity contribution in [1.29, 1.82) is 0 Å². The lowest BCUT2D eigenvalue weighted by Gasteiger charge is -2.22. The summed E-state index contributed by atoms with van der Waals surface area (Å²) in [5.74, 6) is -0.193. The Morgan fingerprint density at radius 3 is 2.54 bits per heavy atom. The number of fused-ring (bicyclic) bond motifs is 1. The van der Waals surface area contributed by atoms with E-state index in [2.05, 4.69) is 62.3 Å². The van der Waals surface area contributed by atoms with Crippen molar-refractivity contribution in [3.63, 3.8) is 0 Å². The van der Waals surface area contributed by atoms with E-state index in [1.54, 1.807) is 0 Å². The molecule has 5 rings (SSSR count). The van der Waals surface area contributed by atoms with E-state index < -0.39 is 0 Å². The van der Waals surface area contributed by atoms with Gasteiger partial charge in [0, 0.05) is 58.3 Å². The first kappa shape index (κ1) is 25.0. The second-order valence-electron chi connectivity index (χ2n) is 10.5. The summed E-state index contributed by atoms with van der Waals surface area (Å²) in [7, 11) is 0. The number of aromatic amines is 1. The smallest absolute Gasteiger partial charge is 0.253 e. The van der Waals surface area contributed by atoms with Gasteiger partial charge in [-0.15, -0.1) is 0 Å². The molecular weight excluding hydrogens is 464 g/mol. The van der Waals surface area contributed by atoms with E-state index in [9.17, 15) is 9.59 Å². The molecule has 1 aliphatic rings. The van der Waals surface area contributed by atoms with E-state index in [1.165, 1.54) is 0 Å². The molecular formula is C29H36N6O2. The van der Waals surface area contributed by atoms with Crippen LogP contribution in [-0.2, 0) is 6.54 Å². The average molecular weight is 501 g/mol. The van der Waals surface area contributed by atoms with Crippen molar-refractivity contribution >= 4 is 16.8 Å². The van der Waals surface area contributed by atoms with Crippen LogP contribution in [0.15, 0.2) is 41.6 Å². The maximum absolute atomic E-state index is 13.6. The highest BCUT2D eigenvalue weighted by molar-refractivity contribution is 6.09. The van der Waals surface area contributed by atoms with E-state index in [0.29, 0.717) is 17.2 Å². The van der Waals surface area contributed by atoms with Crippen LogP contribution in [0.3, 0.4) is 0 Å². The summed E-state index contributed by atoms with van der Waals surface area (Å²) in [4.78, 5) is 29.0. The molecule has 8 nitrogen and oxygen atoms in total. The minimum absolute atomic E-state index is 0.163. The zero-order valence-electron chi connectivity index (χ0n) is 22.3. The fraction of sp³-hybridized carbons (Fsp3) is 0.414. The molecule has 4 heterocycles. The van der Waals surface area contributed by atoms with Crippen LogP contribution in [0.1, 0.15) is 71.5 Å². The van der Waals surface area contributed by atoms with E-state index in [1.807, 2.05) is 39.1 Å². The first-order valence-corrected chi connectivity index (χ1v) is 13.1. The van der Waals surface area contributed by atoms with Crippen molar-refractivity contribution in [3.8, 4) is 11.1 Å². The molecule has 3 aromatic heterocycles. The van der Waals surface area contributed by atoms with E-state index >= 15 is 0 Å². The van der Waals surface area contributed by atoms with Crippen LogP contribution in [0.25, 0.3) is 22.0 Å². The fourth-order valence-electron chi connectivity index (χ4n) is 5.48. The summed E-state index contributed by atoms with van der Waals surface area (Å²) in [5, 5.41) is 12.0. The number of piperidine rings is 1. The molecule has 0 aliphatic carbocycles. The Hall–Kier alpha value is -3.65. The van der Waals surface area contributed by atoms with Crippen LogP contribution in [0.2, 0.25) is 0 Å². The number of hydrogen-bond acceptors (Lipinski definition) is 4. The zero-order chi connectivity index (χ0) is 26.3. The SMILES string of the molecule is Cc1cc(C)c(CNC(=O)c2cc(-c3cnn(C4CCNCC4)c3)cc3c2c(C)cn3C(C)C)c(=O)[nH]1. The molecule has 1 aromatic carbocycles. The molecule has 1 amide bonds. The molecule has 8 heteroatoms. The van der Waals surface area contributed by atoms with Gasteiger partial charge in [-0.2, -0.15) is 5.10 Å². The van der Waals surface area contributed by atoms with E-state index in [4.69, 9.17) is 0 Å². The maximum atomic E-state index is 13.6. The van der Waals surface area contributed by atoms with Gasteiger partial charge in [-0.3, -0.25) is 14.3 Å². The average Bonchev–Trinajstić information content (AvgIpc) is 3.49. The second kappa shape index (κ2) is 10.0. The van der Waals surface area contributed by atoms with Gasteiger partial charge in [-0.25, -0.2) is 0 Å². The zero-order valence-corrected chi connectivity index (χ0v) is 22.3. The van der Waals surface area contributed by atoms with Crippen molar-refractivity contribution < 1.29 is 4.79 Å². The molecule has 4 aromatic rings. The lowest BCUT2D eigenvalue weighted by atomic mass is 9.99. The number of carbonyl (C=O) groups is 1. The Labute approximate surface area is 217 Å². The Balaban J connectivity index is 1.54. The van der Waals surface area contributed by atoms with Gasteiger partial charge in [0.1, 0.15) is 0 Å².